The number of rotatable bonds is 5. The van der Waals surface area contributed by atoms with Gasteiger partial charge in [-0.1, -0.05) is 5.16 Å². The van der Waals surface area contributed by atoms with Gasteiger partial charge in [0.15, 0.2) is 5.76 Å². The molecular formula is C19H15F2N3O2. The molecule has 132 valence electrons. The number of aryl methyl sites for hydroxylation is 1. The summed E-state index contributed by atoms with van der Waals surface area (Å²) >= 11 is 0. The van der Waals surface area contributed by atoms with Crippen molar-refractivity contribution in [3.8, 4) is 0 Å². The number of hydrogen-bond acceptors (Lipinski definition) is 4. The van der Waals surface area contributed by atoms with E-state index in [0.29, 0.717) is 17.1 Å². The van der Waals surface area contributed by atoms with Crippen molar-refractivity contribution >= 4 is 22.9 Å². The largest absolute Gasteiger partial charge is 0.361 e. The minimum Gasteiger partial charge on any atom is -0.361 e. The molecule has 0 aliphatic carbocycles. The summed E-state index contributed by atoms with van der Waals surface area (Å²) in [5, 5.41) is 9.36. The Morgan fingerprint density at radius 3 is 2.12 bits per heavy atom. The lowest BCUT2D eigenvalue weighted by Gasteiger charge is -2.08. The second kappa shape index (κ2) is 7.60. The summed E-state index contributed by atoms with van der Waals surface area (Å²) in [4.78, 5) is 12.6. The summed E-state index contributed by atoms with van der Waals surface area (Å²) in [5.74, 6) is -0.971. The third-order valence-corrected chi connectivity index (χ3v) is 3.47. The van der Waals surface area contributed by atoms with Crippen molar-refractivity contribution in [2.24, 2.45) is 0 Å². The van der Waals surface area contributed by atoms with E-state index in [1.165, 1.54) is 54.7 Å². The van der Waals surface area contributed by atoms with Crippen LogP contribution in [0, 0.1) is 18.6 Å². The molecule has 0 spiro atoms. The van der Waals surface area contributed by atoms with E-state index in [-0.39, 0.29) is 17.2 Å². The minimum atomic E-state index is -0.470. The molecule has 26 heavy (non-hydrogen) atoms. The van der Waals surface area contributed by atoms with Gasteiger partial charge in [0.1, 0.15) is 17.2 Å². The van der Waals surface area contributed by atoms with Gasteiger partial charge in [-0.15, -0.1) is 0 Å². The van der Waals surface area contributed by atoms with Gasteiger partial charge in [0.25, 0.3) is 5.91 Å². The molecule has 2 aromatic carbocycles. The summed E-state index contributed by atoms with van der Waals surface area (Å²) in [5.41, 5.74) is 1.82. The first-order valence-electron chi connectivity index (χ1n) is 7.74. The van der Waals surface area contributed by atoms with E-state index >= 15 is 0 Å². The van der Waals surface area contributed by atoms with Crippen molar-refractivity contribution in [3.05, 3.63) is 83.9 Å². The van der Waals surface area contributed by atoms with Crippen LogP contribution in [0.1, 0.15) is 11.5 Å². The number of amides is 1. The van der Waals surface area contributed by atoms with Crippen molar-refractivity contribution in [2.45, 2.75) is 6.92 Å². The standard InChI is InChI=1S/C19H15F2N3O2/c1-12-10-18(26-24-12)17(11-22-15-6-2-13(20)3-7-15)19(25)23-16-8-4-14(21)5-9-16/h2-11,22H,1H3,(H,23,25)/b17-11+. The third-order valence-electron chi connectivity index (χ3n) is 3.47. The zero-order valence-corrected chi connectivity index (χ0v) is 13.8. The van der Waals surface area contributed by atoms with Crippen molar-refractivity contribution < 1.29 is 18.1 Å². The number of nitrogens with zero attached hydrogens (tertiary/aromatic N) is 1. The maximum absolute atomic E-state index is 13.0. The average Bonchev–Trinajstić information content (AvgIpc) is 3.05. The topological polar surface area (TPSA) is 67.2 Å². The zero-order valence-electron chi connectivity index (χ0n) is 13.8. The third kappa shape index (κ3) is 4.32. The molecule has 0 radical (unpaired) electrons. The molecule has 0 fully saturated rings. The van der Waals surface area contributed by atoms with Crippen LogP contribution in [0.5, 0.6) is 0 Å². The van der Waals surface area contributed by atoms with Gasteiger partial charge in [-0.3, -0.25) is 4.79 Å². The summed E-state index contributed by atoms with van der Waals surface area (Å²) in [6.45, 7) is 1.73. The fraction of sp³-hybridized carbons (Fsp3) is 0.0526. The van der Waals surface area contributed by atoms with Crippen LogP contribution >= 0.6 is 0 Å². The highest BCUT2D eigenvalue weighted by Crippen LogP contribution is 2.20. The van der Waals surface area contributed by atoms with E-state index in [9.17, 15) is 13.6 Å². The Kier molecular flexibility index (Phi) is 5.07. The predicted octanol–water partition coefficient (Wildman–Crippen LogP) is 4.35. The number of hydrogen-bond donors (Lipinski definition) is 2. The number of nitrogens with one attached hydrogen (secondary N) is 2. The molecule has 0 aliphatic rings. The van der Waals surface area contributed by atoms with Crippen molar-refractivity contribution in [1.82, 2.24) is 5.16 Å². The molecular weight excluding hydrogens is 340 g/mol. The van der Waals surface area contributed by atoms with Crippen LogP contribution in [-0.2, 0) is 4.79 Å². The highest BCUT2D eigenvalue weighted by molar-refractivity contribution is 6.24. The number of benzene rings is 2. The molecule has 0 saturated carbocycles. The van der Waals surface area contributed by atoms with Crippen molar-refractivity contribution in [1.29, 1.82) is 0 Å². The first-order valence-corrected chi connectivity index (χ1v) is 7.74. The van der Waals surface area contributed by atoms with Crippen LogP contribution < -0.4 is 10.6 Å². The smallest absolute Gasteiger partial charge is 0.261 e. The molecule has 5 nitrogen and oxygen atoms in total. The summed E-state index contributed by atoms with van der Waals surface area (Å²) in [6, 6.07) is 12.7. The lowest BCUT2D eigenvalue weighted by molar-refractivity contribution is -0.111. The van der Waals surface area contributed by atoms with Crippen LogP contribution in [-0.4, -0.2) is 11.1 Å². The number of anilines is 2. The van der Waals surface area contributed by atoms with Crippen molar-refractivity contribution in [2.75, 3.05) is 10.6 Å². The Morgan fingerprint density at radius 1 is 1.00 bits per heavy atom. The van der Waals surface area contributed by atoms with E-state index in [1.807, 2.05) is 0 Å². The molecule has 7 heteroatoms. The highest BCUT2D eigenvalue weighted by atomic mass is 19.1. The second-order valence-corrected chi connectivity index (χ2v) is 5.50. The molecule has 3 rings (SSSR count). The van der Waals surface area contributed by atoms with E-state index in [4.69, 9.17) is 4.52 Å². The Morgan fingerprint density at radius 2 is 1.58 bits per heavy atom. The van der Waals surface area contributed by atoms with Gasteiger partial charge in [0.05, 0.1) is 5.69 Å². The van der Waals surface area contributed by atoms with Crippen LogP contribution in [0.15, 0.2) is 65.3 Å². The molecule has 3 aromatic rings. The molecule has 2 N–H and O–H groups in total. The van der Waals surface area contributed by atoms with Gasteiger partial charge in [-0.05, 0) is 55.5 Å². The molecule has 0 bridgehead atoms. The van der Waals surface area contributed by atoms with Gasteiger partial charge in [-0.25, -0.2) is 8.78 Å². The van der Waals surface area contributed by atoms with E-state index in [2.05, 4.69) is 15.8 Å². The van der Waals surface area contributed by atoms with Gasteiger partial charge in [-0.2, -0.15) is 0 Å². The van der Waals surface area contributed by atoms with Gasteiger partial charge >= 0.3 is 0 Å². The Bertz CT molecular complexity index is 932. The number of carbonyl (C=O) groups excluding carboxylic acids is 1. The molecule has 0 aliphatic heterocycles. The lowest BCUT2D eigenvalue weighted by atomic mass is 10.2. The van der Waals surface area contributed by atoms with Gasteiger partial charge in [0, 0.05) is 23.6 Å². The minimum absolute atomic E-state index is 0.180. The first-order chi connectivity index (χ1) is 12.5. The normalized spacial score (nSPS) is 11.3. The number of carbonyl (C=O) groups is 1. The van der Waals surface area contributed by atoms with Crippen LogP contribution in [0.2, 0.25) is 0 Å². The maximum atomic E-state index is 13.0. The van der Waals surface area contributed by atoms with E-state index in [1.54, 1.807) is 13.0 Å². The average molecular weight is 355 g/mol. The van der Waals surface area contributed by atoms with E-state index < -0.39 is 11.7 Å². The summed E-state index contributed by atoms with van der Waals surface area (Å²) < 4.78 is 31.2. The predicted molar refractivity (Wildman–Crippen MR) is 94.3 cm³/mol. The fourth-order valence-corrected chi connectivity index (χ4v) is 2.17. The Labute approximate surface area is 148 Å². The SMILES string of the molecule is Cc1cc(/C(=C\Nc2ccc(F)cc2)C(=O)Nc2ccc(F)cc2)on1. The number of halogens is 2. The van der Waals surface area contributed by atoms with Crippen molar-refractivity contribution in [3.63, 3.8) is 0 Å². The molecule has 0 saturated heterocycles. The monoisotopic (exact) mass is 355 g/mol. The first kappa shape index (κ1) is 17.3. The maximum Gasteiger partial charge on any atom is 0.261 e. The Balaban J connectivity index is 1.84. The van der Waals surface area contributed by atoms with E-state index in [0.717, 1.165) is 0 Å². The second-order valence-electron chi connectivity index (χ2n) is 5.50. The Hall–Kier alpha value is -3.48. The molecule has 1 heterocycles. The van der Waals surface area contributed by atoms with Crippen LogP contribution in [0.25, 0.3) is 5.57 Å². The molecule has 0 unspecified atom stereocenters. The van der Waals surface area contributed by atoms with Gasteiger partial charge in [0.2, 0.25) is 0 Å². The zero-order chi connectivity index (χ0) is 18.5. The summed E-state index contributed by atoms with van der Waals surface area (Å²) in [6.07, 6.45) is 1.44. The van der Waals surface area contributed by atoms with Crippen LogP contribution in [0.4, 0.5) is 20.2 Å². The summed E-state index contributed by atoms with van der Waals surface area (Å²) in [7, 11) is 0. The van der Waals surface area contributed by atoms with Crippen LogP contribution in [0.3, 0.4) is 0 Å². The fourth-order valence-electron chi connectivity index (χ4n) is 2.17. The molecule has 1 aromatic heterocycles. The quantitative estimate of drug-likeness (QED) is 0.668. The molecule has 1 amide bonds. The van der Waals surface area contributed by atoms with Gasteiger partial charge < -0.3 is 15.2 Å². The highest BCUT2D eigenvalue weighted by Gasteiger charge is 2.17. The lowest BCUT2D eigenvalue weighted by Crippen LogP contribution is -2.14. The molecule has 0 atom stereocenters. The number of aromatic nitrogens is 1.